The summed E-state index contributed by atoms with van der Waals surface area (Å²) in [6, 6.07) is 17.5. The summed E-state index contributed by atoms with van der Waals surface area (Å²) in [6.45, 7) is 6.95. The summed E-state index contributed by atoms with van der Waals surface area (Å²) in [7, 11) is 0. The Labute approximate surface area is 255 Å². The molecule has 1 unspecified atom stereocenters. The average molecular weight is 593 g/mol. The van der Waals surface area contributed by atoms with Gasteiger partial charge in [-0.1, -0.05) is 36.4 Å². The van der Waals surface area contributed by atoms with Gasteiger partial charge in [-0.25, -0.2) is 19.2 Å². The molecule has 0 spiro atoms. The molecular weight excluding hydrogens is 559 g/mol. The number of imidazole rings is 1. The maximum absolute atomic E-state index is 14.1. The third kappa shape index (κ3) is 7.28. The first kappa shape index (κ1) is 30.4. The highest BCUT2D eigenvalue weighted by Gasteiger charge is 2.21. The third-order valence-electron chi connectivity index (χ3n) is 7.68. The molecule has 224 valence electrons. The largest absolute Gasteiger partial charge is 0.478 e. The van der Waals surface area contributed by atoms with Crippen LogP contribution in [-0.2, 0) is 35.5 Å². The zero-order valence-corrected chi connectivity index (χ0v) is 24.5. The van der Waals surface area contributed by atoms with E-state index in [4.69, 9.17) is 19.7 Å². The average Bonchev–Trinajstić information content (AvgIpc) is 3.66. The highest BCUT2D eigenvalue weighted by atomic mass is 19.1. The number of nitrogens with zero attached hydrogens (tertiary/aromatic N) is 4. The van der Waals surface area contributed by atoms with Gasteiger partial charge in [0.05, 0.1) is 40.9 Å². The van der Waals surface area contributed by atoms with Crippen LogP contribution in [-0.4, -0.2) is 40.1 Å². The summed E-state index contributed by atoms with van der Waals surface area (Å²) < 4.78 is 27.7. The Morgan fingerprint density at radius 2 is 2.09 bits per heavy atom. The van der Waals surface area contributed by atoms with E-state index in [9.17, 15) is 14.3 Å². The van der Waals surface area contributed by atoms with Gasteiger partial charge in [-0.2, -0.15) is 5.26 Å². The normalized spacial score (nSPS) is 15.1. The van der Waals surface area contributed by atoms with Crippen LogP contribution in [0.3, 0.4) is 0 Å². The fraction of sp³-hybridized carbons (Fsp3) is 0.257. The molecule has 3 aromatic carbocycles. The predicted molar refractivity (Wildman–Crippen MR) is 166 cm³/mol. The van der Waals surface area contributed by atoms with Crippen molar-refractivity contribution in [2.45, 2.75) is 51.9 Å². The third-order valence-corrected chi connectivity index (χ3v) is 7.68. The number of carboxylic acids is 1. The van der Waals surface area contributed by atoms with Gasteiger partial charge < -0.3 is 19.1 Å². The Morgan fingerprint density at radius 3 is 2.80 bits per heavy atom. The van der Waals surface area contributed by atoms with Gasteiger partial charge in [0, 0.05) is 18.6 Å². The second-order valence-electron chi connectivity index (χ2n) is 10.7. The second kappa shape index (κ2) is 13.9. The highest BCUT2D eigenvalue weighted by molar-refractivity contribution is 5.92. The van der Waals surface area contributed by atoms with Gasteiger partial charge in [0.1, 0.15) is 18.2 Å². The Hall–Kier alpha value is -5.07. The molecule has 1 fully saturated rings. The van der Waals surface area contributed by atoms with Crippen LogP contribution in [0.5, 0.6) is 0 Å². The number of benzene rings is 3. The number of nitriles is 1. The fourth-order valence-corrected chi connectivity index (χ4v) is 5.28. The minimum atomic E-state index is -0.961. The maximum atomic E-state index is 14.1. The lowest BCUT2D eigenvalue weighted by Gasteiger charge is -2.15. The number of ether oxygens (including phenoxy) is 2. The van der Waals surface area contributed by atoms with Crippen LogP contribution in [0.2, 0.25) is 0 Å². The van der Waals surface area contributed by atoms with E-state index in [1.54, 1.807) is 24.3 Å². The number of hydrogen-bond donors (Lipinski definition) is 1. The van der Waals surface area contributed by atoms with Crippen molar-refractivity contribution in [1.82, 2.24) is 9.55 Å². The fourth-order valence-electron chi connectivity index (χ4n) is 5.28. The van der Waals surface area contributed by atoms with E-state index in [-0.39, 0.29) is 29.7 Å². The van der Waals surface area contributed by atoms with Crippen molar-refractivity contribution in [2.75, 3.05) is 6.61 Å². The Kier molecular flexibility index (Phi) is 9.62. The summed E-state index contributed by atoms with van der Waals surface area (Å²) in [5.41, 5.74) is 5.80. The van der Waals surface area contributed by atoms with Crippen molar-refractivity contribution in [2.24, 2.45) is 4.99 Å². The first-order valence-electron chi connectivity index (χ1n) is 14.4. The standard InChI is InChI=1S/C35H33FN4O4/c1-23-16-24(6-3-4-8-34(38-2)44-22-28-12-10-25(20-37)17-30(28)36)9-11-26(23)19-33-39-31-14-13-27(35(41)42)18-32(31)40(33)21-29-7-5-15-43-29/h3-4,8-14,16-18,29H,2,5-7,15,19,21-22H2,1H3,(H,41,42)/b4-3-,34-8+. The number of allylic oxidation sites excluding steroid dienone is 3. The number of hydrogen-bond acceptors (Lipinski definition) is 6. The quantitative estimate of drug-likeness (QED) is 0.112. The maximum Gasteiger partial charge on any atom is 0.335 e. The molecule has 5 rings (SSSR count). The lowest BCUT2D eigenvalue weighted by atomic mass is 10.0. The number of aromatic carboxylic acids is 1. The molecule has 4 aromatic rings. The van der Waals surface area contributed by atoms with E-state index in [0.717, 1.165) is 53.0 Å². The number of rotatable bonds is 12. The number of aliphatic imine (C=N–C) groups is 1. The van der Waals surface area contributed by atoms with Gasteiger partial charge in [-0.05, 0) is 86.0 Å². The number of fused-ring (bicyclic) bond motifs is 1. The minimum Gasteiger partial charge on any atom is -0.478 e. The Bertz CT molecular complexity index is 1790. The van der Waals surface area contributed by atoms with Gasteiger partial charge in [0.25, 0.3) is 0 Å². The summed E-state index contributed by atoms with van der Waals surface area (Å²) in [4.78, 5) is 20.4. The van der Waals surface area contributed by atoms with Gasteiger partial charge in [-0.15, -0.1) is 0 Å². The molecule has 0 amide bonds. The van der Waals surface area contributed by atoms with Crippen LogP contribution in [0.1, 0.15) is 56.8 Å². The smallest absolute Gasteiger partial charge is 0.335 e. The van der Waals surface area contributed by atoms with E-state index in [1.807, 2.05) is 18.2 Å². The molecule has 2 heterocycles. The molecule has 0 bridgehead atoms. The number of aromatic nitrogens is 2. The molecule has 8 nitrogen and oxygen atoms in total. The molecule has 1 N–H and O–H groups in total. The molecule has 9 heteroatoms. The van der Waals surface area contributed by atoms with Crippen molar-refractivity contribution in [3.8, 4) is 6.07 Å². The van der Waals surface area contributed by atoms with Gasteiger partial charge in [0.15, 0.2) is 0 Å². The van der Waals surface area contributed by atoms with Crippen LogP contribution < -0.4 is 0 Å². The minimum absolute atomic E-state index is 0.0287. The molecule has 1 saturated heterocycles. The summed E-state index contributed by atoms with van der Waals surface area (Å²) in [5.74, 6) is -0.325. The van der Waals surface area contributed by atoms with Gasteiger partial charge >= 0.3 is 5.97 Å². The molecule has 0 aliphatic carbocycles. The van der Waals surface area contributed by atoms with E-state index in [1.165, 1.54) is 18.2 Å². The zero-order valence-electron chi connectivity index (χ0n) is 24.5. The van der Waals surface area contributed by atoms with Crippen LogP contribution >= 0.6 is 0 Å². The van der Waals surface area contributed by atoms with Gasteiger partial charge in [0.2, 0.25) is 5.88 Å². The summed E-state index contributed by atoms with van der Waals surface area (Å²) in [5, 5.41) is 18.4. The van der Waals surface area contributed by atoms with E-state index >= 15 is 0 Å². The predicted octanol–water partition coefficient (Wildman–Crippen LogP) is 6.68. The Balaban J connectivity index is 1.25. The second-order valence-corrected chi connectivity index (χ2v) is 10.7. The van der Waals surface area contributed by atoms with Crippen molar-refractivity contribution in [1.29, 1.82) is 5.26 Å². The highest BCUT2D eigenvalue weighted by Crippen LogP contribution is 2.25. The van der Waals surface area contributed by atoms with E-state index in [2.05, 4.69) is 41.4 Å². The lowest BCUT2D eigenvalue weighted by Crippen LogP contribution is -2.17. The van der Waals surface area contributed by atoms with Gasteiger partial charge in [-0.3, -0.25) is 0 Å². The van der Waals surface area contributed by atoms with Crippen LogP contribution in [0.4, 0.5) is 4.39 Å². The number of carbonyl (C=O) groups is 1. The first-order chi connectivity index (χ1) is 21.3. The summed E-state index contributed by atoms with van der Waals surface area (Å²) in [6.07, 6.45) is 8.84. The lowest BCUT2D eigenvalue weighted by molar-refractivity contribution is 0.0697. The van der Waals surface area contributed by atoms with Crippen LogP contribution in [0.15, 0.2) is 83.7 Å². The van der Waals surface area contributed by atoms with Crippen molar-refractivity contribution in [3.63, 3.8) is 0 Å². The molecule has 1 atom stereocenters. The molecular formula is C35H33FN4O4. The Morgan fingerprint density at radius 1 is 1.25 bits per heavy atom. The molecule has 1 aliphatic rings. The molecule has 44 heavy (non-hydrogen) atoms. The SMILES string of the molecule is C=N/C(=C\C=C/Cc1ccc(Cc2nc3ccc(C(=O)O)cc3n2CC2CCCO2)c(C)c1)OCc1ccc(C#N)cc1F. The van der Waals surface area contributed by atoms with E-state index in [0.29, 0.717) is 24.9 Å². The van der Waals surface area contributed by atoms with Crippen molar-refractivity contribution >= 4 is 23.7 Å². The topological polar surface area (TPSA) is 110 Å². The first-order valence-corrected chi connectivity index (χ1v) is 14.4. The molecule has 1 aromatic heterocycles. The zero-order chi connectivity index (χ0) is 31.1. The number of carboxylic acid groups (broad SMARTS) is 1. The van der Waals surface area contributed by atoms with Crippen molar-refractivity contribution < 1.29 is 23.8 Å². The number of aryl methyl sites for hydroxylation is 1. The van der Waals surface area contributed by atoms with Crippen molar-refractivity contribution in [3.05, 3.63) is 124 Å². The molecule has 0 radical (unpaired) electrons. The van der Waals surface area contributed by atoms with E-state index < -0.39 is 11.8 Å². The monoisotopic (exact) mass is 592 g/mol. The molecule has 0 saturated carbocycles. The van der Waals surface area contributed by atoms with Crippen LogP contribution in [0.25, 0.3) is 11.0 Å². The van der Waals surface area contributed by atoms with Crippen LogP contribution in [0, 0.1) is 24.1 Å². The molecule has 1 aliphatic heterocycles. The summed E-state index contributed by atoms with van der Waals surface area (Å²) >= 11 is 0. The number of halogens is 1.